The molecule has 20 heavy (non-hydrogen) atoms. The summed E-state index contributed by atoms with van der Waals surface area (Å²) in [5.74, 6) is 0.0433. The molecule has 1 saturated heterocycles. The number of nitrogens with one attached hydrogen (secondary N) is 2. The number of carbonyl (C=O) groups excluding carboxylic acids is 1. The number of piperazine rings is 1. The van der Waals surface area contributed by atoms with E-state index in [1.807, 2.05) is 32.0 Å². The predicted octanol–water partition coefficient (Wildman–Crippen LogP) is 0.781. The molecule has 0 aromatic heterocycles. The Morgan fingerprint density at radius 1 is 1.60 bits per heavy atom. The van der Waals surface area contributed by atoms with Crippen LogP contribution >= 0.6 is 0 Å². The number of nitrogens with zero attached hydrogens (tertiary/aromatic N) is 2. The number of rotatable bonds is 3. The second-order valence-electron chi connectivity index (χ2n) is 4.92. The molecule has 0 saturated carbocycles. The van der Waals surface area contributed by atoms with Crippen LogP contribution in [-0.2, 0) is 4.79 Å². The first-order valence-corrected chi connectivity index (χ1v) is 6.93. The van der Waals surface area contributed by atoms with E-state index in [2.05, 4.69) is 21.6 Å². The number of amides is 1. The van der Waals surface area contributed by atoms with Gasteiger partial charge in [-0.1, -0.05) is 0 Å². The molecular formula is C15H20N4O. The quantitative estimate of drug-likeness (QED) is 0.853. The van der Waals surface area contributed by atoms with Gasteiger partial charge in [0.05, 0.1) is 11.6 Å². The van der Waals surface area contributed by atoms with Crippen molar-refractivity contribution in [1.29, 1.82) is 5.26 Å². The number of aryl methyl sites for hydroxylation is 1. The van der Waals surface area contributed by atoms with Gasteiger partial charge >= 0.3 is 0 Å². The fourth-order valence-corrected chi connectivity index (χ4v) is 2.49. The van der Waals surface area contributed by atoms with E-state index in [1.165, 1.54) is 0 Å². The Morgan fingerprint density at radius 3 is 3.05 bits per heavy atom. The molecular weight excluding hydrogens is 252 g/mol. The van der Waals surface area contributed by atoms with Gasteiger partial charge < -0.3 is 15.5 Å². The molecule has 1 aromatic carbocycles. The van der Waals surface area contributed by atoms with Crippen molar-refractivity contribution in [1.82, 2.24) is 10.6 Å². The molecule has 0 bridgehead atoms. The minimum atomic E-state index is -0.198. The van der Waals surface area contributed by atoms with Crippen LogP contribution in [0.1, 0.15) is 18.1 Å². The molecule has 1 heterocycles. The number of nitriles is 1. The minimum Gasteiger partial charge on any atom is -0.357 e. The monoisotopic (exact) mass is 272 g/mol. The summed E-state index contributed by atoms with van der Waals surface area (Å²) in [7, 11) is 0. The van der Waals surface area contributed by atoms with Gasteiger partial charge in [-0.15, -0.1) is 0 Å². The molecule has 5 nitrogen and oxygen atoms in total. The summed E-state index contributed by atoms with van der Waals surface area (Å²) in [6, 6.07) is 7.69. The molecule has 1 aliphatic rings. The van der Waals surface area contributed by atoms with Gasteiger partial charge in [-0.25, -0.2) is 0 Å². The predicted molar refractivity (Wildman–Crippen MR) is 78.6 cm³/mol. The molecule has 1 aliphatic heterocycles. The standard InChI is InChI=1S/C15H20N4O/c1-3-18-15(20)14-10-17-6-7-19(14)13-5-4-12(9-16)11(2)8-13/h4-5,8,14,17H,3,6-7,10H2,1-2H3,(H,18,20). The van der Waals surface area contributed by atoms with E-state index >= 15 is 0 Å². The normalized spacial score (nSPS) is 18.4. The van der Waals surface area contributed by atoms with Crippen LogP contribution in [0.25, 0.3) is 0 Å². The lowest BCUT2D eigenvalue weighted by Gasteiger charge is -2.37. The van der Waals surface area contributed by atoms with Gasteiger partial charge in [0.25, 0.3) is 0 Å². The van der Waals surface area contributed by atoms with E-state index < -0.39 is 0 Å². The van der Waals surface area contributed by atoms with Crippen LogP contribution in [0.4, 0.5) is 5.69 Å². The van der Waals surface area contributed by atoms with Gasteiger partial charge in [0, 0.05) is 31.9 Å². The highest BCUT2D eigenvalue weighted by atomic mass is 16.2. The minimum absolute atomic E-state index is 0.0433. The van der Waals surface area contributed by atoms with Gasteiger partial charge in [0.15, 0.2) is 0 Å². The van der Waals surface area contributed by atoms with Crippen molar-refractivity contribution in [3.8, 4) is 6.07 Å². The van der Waals surface area contributed by atoms with Crippen LogP contribution in [0.15, 0.2) is 18.2 Å². The topological polar surface area (TPSA) is 68.2 Å². The smallest absolute Gasteiger partial charge is 0.244 e. The summed E-state index contributed by atoms with van der Waals surface area (Å²) < 4.78 is 0. The molecule has 0 spiro atoms. The van der Waals surface area contributed by atoms with Crippen molar-refractivity contribution < 1.29 is 4.79 Å². The Labute approximate surface area is 119 Å². The molecule has 1 unspecified atom stereocenters. The fraction of sp³-hybridized carbons (Fsp3) is 0.467. The molecule has 1 atom stereocenters. The average Bonchev–Trinajstić information content (AvgIpc) is 2.47. The molecule has 1 amide bonds. The fourth-order valence-electron chi connectivity index (χ4n) is 2.49. The second kappa shape index (κ2) is 6.40. The molecule has 106 valence electrons. The van der Waals surface area contributed by atoms with E-state index in [9.17, 15) is 4.79 Å². The molecule has 5 heteroatoms. The zero-order valence-electron chi connectivity index (χ0n) is 11.9. The van der Waals surface area contributed by atoms with Gasteiger partial charge in [-0.05, 0) is 37.6 Å². The molecule has 2 rings (SSSR count). The van der Waals surface area contributed by atoms with E-state index in [4.69, 9.17) is 5.26 Å². The van der Waals surface area contributed by atoms with E-state index in [0.29, 0.717) is 18.7 Å². The first kappa shape index (κ1) is 14.4. The van der Waals surface area contributed by atoms with Gasteiger partial charge in [0.2, 0.25) is 5.91 Å². The Bertz CT molecular complexity index is 535. The van der Waals surface area contributed by atoms with Crippen LogP contribution in [0, 0.1) is 18.3 Å². The van der Waals surface area contributed by atoms with E-state index in [1.54, 1.807) is 0 Å². The number of benzene rings is 1. The molecule has 0 radical (unpaired) electrons. The Hall–Kier alpha value is -2.06. The number of carbonyl (C=O) groups is 1. The summed E-state index contributed by atoms with van der Waals surface area (Å²) in [6.07, 6.45) is 0. The first-order valence-electron chi connectivity index (χ1n) is 6.93. The lowest BCUT2D eigenvalue weighted by molar-refractivity contribution is -0.122. The van der Waals surface area contributed by atoms with Crippen molar-refractivity contribution in [3.05, 3.63) is 29.3 Å². The molecule has 1 aromatic rings. The molecule has 1 fully saturated rings. The van der Waals surface area contributed by atoms with Crippen molar-refractivity contribution in [3.63, 3.8) is 0 Å². The molecule has 0 aliphatic carbocycles. The van der Waals surface area contributed by atoms with Crippen molar-refractivity contribution in [2.45, 2.75) is 19.9 Å². The number of hydrogen-bond donors (Lipinski definition) is 2. The summed E-state index contributed by atoms with van der Waals surface area (Å²) in [6.45, 7) is 6.76. The highest BCUT2D eigenvalue weighted by Gasteiger charge is 2.28. The number of likely N-dealkylation sites (N-methyl/N-ethyl adjacent to an activating group) is 1. The highest BCUT2D eigenvalue weighted by Crippen LogP contribution is 2.22. The zero-order valence-corrected chi connectivity index (χ0v) is 11.9. The van der Waals surface area contributed by atoms with E-state index in [0.717, 1.165) is 24.3 Å². The van der Waals surface area contributed by atoms with E-state index in [-0.39, 0.29) is 11.9 Å². The third-order valence-corrected chi connectivity index (χ3v) is 3.56. The van der Waals surface area contributed by atoms with Crippen LogP contribution in [-0.4, -0.2) is 38.1 Å². The van der Waals surface area contributed by atoms with Crippen LogP contribution in [0.5, 0.6) is 0 Å². The largest absolute Gasteiger partial charge is 0.357 e. The van der Waals surface area contributed by atoms with Gasteiger partial charge in [0.1, 0.15) is 6.04 Å². The van der Waals surface area contributed by atoms with Gasteiger partial charge in [-0.3, -0.25) is 4.79 Å². The third-order valence-electron chi connectivity index (χ3n) is 3.56. The lowest BCUT2D eigenvalue weighted by Crippen LogP contribution is -2.58. The Kier molecular flexibility index (Phi) is 4.59. The van der Waals surface area contributed by atoms with Crippen molar-refractivity contribution in [2.24, 2.45) is 0 Å². The van der Waals surface area contributed by atoms with Gasteiger partial charge in [-0.2, -0.15) is 5.26 Å². The maximum Gasteiger partial charge on any atom is 0.244 e. The maximum absolute atomic E-state index is 12.1. The Morgan fingerprint density at radius 2 is 2.40 bits per heavy atom. The average molecular weight is 272 g/mol. The summed E-state index contributed by atoms with van der Waals surface area (Å²) in [4.78, 5) is 14.3. The SMILES string of the molecule is CCNC(=O)C1CNCCN1c1ccc(C#N)c(C)c1. The maximum atomic E-state index is 12.1. The molecule has 2 N–H and O–H groups in total. The summed E-state index contributed by atoms with van der Waals surface area (Å²) in [5.41, 5.74) is 2.62. The number of hydrogen-bond acceptors (Lipinski definition) is 4. The van der Waals surface area contributed by atoms with Crippen LogP contribution in [0.3, 0.4) is 0 Å². The summed E-state index contributed by atoms with van der Waals surface area (Å²) >= 11 is 0. The zero-order chi connectivity index (χ0) is 14.5. The van der Waals surface area contributed by atoms with Crippen molar-refractivity contribution in [2.75, 3.05) is 31.1 Å². The second-order valence-corrected chi connectivity index (χ2v) is 4.92. The number of anilines is 1. The summed E-state index contributed by atoms with van der Waals surface area (Å²) in [5, 5.41) is 15.1. The van der Waals surface area contributed by atoms with Crippen LogP contribution in [0.2, 0.25) is 0 Å². The highest BCUT2D eigenvalue weighted by molar-refractivity contribution is 5.86. The Balaban J connectivity index is 2.26. The van der Waals surface area contributed by atoms with Crippen LogP contribution < -0.4 is 15.5 Å². The third kappa shape index (κ3) is 2.91. The first-order chi connectivity index (χ1) is 9.67. The van der Waals surface area contributed by atoms with Crippen molar-refractivity contribution >= 4 is 11.6 Å². The lowest BCUT2D eigenvalue weighted by atomic mass is 10.1.